The van der Waals surface area contributed by atoms with E-state index in [9.17, 15) is 0 Å². The summed E-state index contributed by atoms with van der Waals surface area (Å²) < 4.78 is 2.37. The number of anilines is 3. The number of thiophene rings is 1. The van der Waals surface area contributed by atoms with Gasteiger partial charge >= 0.3 is 0 Å². The van der Waals surface area contributed by atoms with E-state index in [0.717, 1.165) is 5.69 Å². The number of fused-ring (bicyclic) bond motifs is 6. The standard InChI is InChI=1S/C37H28N2S/c1-37(2)33-14-8-6-12-29(33)30-18-16-27(23-34(30)37)38(28-20-21-40-24-28)26-17-19-36-32(22-26)31-13-7-9-15-35(31)39(36)25-10-4-3-5-11-25/h3-24H,1-2H3. The van der Waals surface area contributed by atoms with Crippen molar-refractivity contribution in [3.8, 4) is 16.8 Å². The molecule has 0 aliphatic heterocycles. The molecule has 0 spiro atoms. The van der Waals surface area contributed by atoms with Crippen LogP contribution in [-0.4, -0.2) is 4.57 Å². The molecular weight excluding hydrogens is 504 g/mol. The summed E-state index contributed by atoms with van der Waals surface area (Å²) in [6, 6.07) is 44.4. The number of nitrogens with zero attached hydrogens (tertiary/aromatic N) is 2. The van der Waals surface area contributed by atoms with Crippen LogP contribution in [0.4, 0.5) is 17.1 Å². The minimum Gasteiger partial charge on any atom is -0.310 e. The van der Waals surface area contributed by atoms with E-state index in [1.165, 1.54) is 61.1 Å². The van der Waals surface area contributed by atoms with E-state index in [1.807, 2.05) is 0 Å². The molecule has 40 heavy (non-hydrogen) atoms. The second kappa shape index (κ2) is 8.70. The number of aromatic nitrogens is 1. The van der Waals surface area contributed by atoms with Gasteiger partial charge in [-0.25, -0.2) is 0 Å². The zero-order valence-corrected chi connectivity index (χ0v) is 23.3. The van der Waals surface area contributed by atoms with Crippen molar-refractivity contribution >= 4 is 50.2 Å². The third-order valence-electron chi connectivity index (χ3n) is 8.52. The second-order valence-electron chi connectivity index (χ2n) is 11.1. The molecule has 0 N–H and O–H groups in total. The molecule has 1 aliphatic rings. The van der Waals surface area contributed by atoms with Gasteiger partial charge in [0.05, 0.1) is 16.7 Å². The van der Waals surface area contributed by atoms with Gasteiger partial charge < -0.3 is 9.47 Å². The predicted octanol–water partition coefficient (Wildman–Crippen LogP) is 10.6. The van der Waals surface area contributed by atoms with Crippen molar-refractivity contribution in [2.45, 2.75) is 19.3 Å². The topological polar surface area (TPSA) is 8.17 Å². The van der Waals surface area contributed by atoms with Crippen LogP contribution in [0.15, 0.2) is 132 Å². The molecule has 0 bridgehead atoms. The second-order valence-corrected chi connectivity index (χ2v) is 11.9. The lowest BCUT2D eigenvalue weighted by atomic mass is 9.82. The van der Waals surface area contributed by atoms with Crippen LogP contribution >= 0.6 is 11.3 Å². The normalized spacial score (nSPS) is 13.4. The Morgan fingerprint density at radius 3 is 2.12 bits per heavy atom. The van der Waals surface area contributed by atoms with Crippen molar-refractivity contribution in [1.29, 1.82) is 0 Å². The van der Waals surface area contributed by atoms with Crippen LogP contribution in [0.1, 0.15) is 25.0 Å². The summed E-state index contributed by atoms with van der Waals surface area (Å²) in [7, 11) is 0. The molecule has 5 aromatic carbocycles. The molecule has 0 atom stereocenters. The van der Waals surface area contributed by atoms with E-state index in [0.29, 0.717) is 0 Å². The Hall–Kier alpha value is -4.60. The quantitative estimate of drug-likeness (QED) is 0.219. The maximum absolute atomic E-state index is 2.41. The summed E-state index contributed by atoms with van der Waals surface area (Å²) in [6.07, 6.45) is 0. The average Bonchev–Trinajstić information content (AvgIpc) is 3.69. The Bertz CT molecular complexity index is 2030. The van der Waals surface area contributed by atoms with E-state index in [4.69, 9.17) is 0 Å². The Morgan fingerprint density at radius 1 is 0.575 bits per heavy atom. The highest BCUT2D eigenvalue weighted by Gasteiger charge is 2.35. The SMILES string of the molecule is CC1(C)c2ccccc2-c2ccc(N(c3ccsc3)c3ccc4c(c3)c3ccccc3n4-c3ccccc3)cc21. The lowest BCUT2D eigenvalue weighted by Gasteiger charge is -2.27. The molecule has 0 saturated carbocycles. The molecule has 0 radical (unpaired) electrons. The van der Waals surface area contributed by atoms with Gasteiger partial charge in [-0.15, -0.1) is 0 Å². The summed E-state index contributed by atoms with van der Waals surface area (Å²) in [5, 5.41) is 6.92. The molecule has 0 fully saturated rings. The van der Waals surface area contributed by atoms with E-state index in [2.05, 4.69) is 155 Å². The smallest absolute Gasteiger partial charge is 0.0568 e. The van der Waals surface area contributed by atoms with Crippen LogP contribution in [-0.2, 0) is 5.41 Å². The van der Waals surface area contributed by atoms with Crippen molar-refractivity contribution in [2.75, 3.05) is 4.90 Å². The molecule has 8 rings (SSSR count). The van der Waals surface area contributed by atoms with Crippen LogP contribution in [0.2, 0.25) is 0 Å². The highest BCUT2D eigenvalue weighted by atomic mass is 32.1. The van der Waals surface area contributed by atoms with Gasteiger partial charge in [0.2, 0.25) is 0 Å². The zero-order chi connectivity index (χ0) is 26.8. The molecule has 0 saturated heterocycles. The monoisotopic (exact) mass is 532 g/mol. The lowest BCUT2D eigenvalue weighted by Crippen LogP contribution is -2.16. The van der Waals surface area contributed by atoms with Gasteiger partial charge in [0.15, 0.2) is 0 Å². The molecule has 3 heteroatoms. The third-order valence-corrected chi connectivity index (χ3v) is 9.19. The molecule has 2 heterocycles. The molecular formula is C37H28N2S. The minimum absolute atomic E-state index is 0.0463. The molecule has 7 aromatic rings. The maximum atomic E-state index is 2.41. The van der Waals surface area contributed by atoms with Crippen molar-refractivity contribution in [3.63, 3.8) is 0 Å². The summed E-state index contributed by atoms with van der Waals surface area (Å²) in [5.41, 5.74) is 12.6. The first kappa shape index (κ1) is 23.3. The zero-order valence-electron chi connectivity index (χ0n) is 22.5. The van der Waals surface area contributed by atoms with Gasteiger partial charge in [0.1, 0.15) is 0 Å². The fraction of sp³-hybridized carbons (Fsp3) is 0.0811. The van der Waals surface area contributed by atoms with Gasteiger partial charge in [-0.2, -0.15) is 11.3 Å². The van der Waals surface area contributed by atoms with Crippen LogP contribution in [0.3, 0.4) is 0 Å². The summed E-state index contributed by atoms with van der Waals surface area (Å²) in [6.45, 7) is 4.70. The van der Waals surface area contributed by atoms with Crippen LogP contribution in [0.25, 0.3) is 38.6 Å². The van der Waals surface area contributed by atoms with Gasteiger partial charge in [0, 0.05) is 38.6 Å². The fourth-order valence-corrected chi connectivity index (χ4v) is 7.24. The van der Waals surface area contributed by atoms with Crippen LogP contribution in [0, 0.1) is 0 Å². The van der Waals surface area contributed by atoms with Gasteiger partial charge in [-0.05, 0) is 82.2 Å². The largest absolute Gasteiger partial charge is 0.310 e. The molecule has 0 amide bonds. The van der Waals surface area contributed by atoms with Gasteiger partial charge in [-0.1, -0.05) is 80.6 Å². The summed E-state index contributed by atoms with van der Waals surface area (Å²) in [5.74, 6) is 0. The summed E-state index contributed by atoms with van der Waals surface area (Å²) in [4.78, 5) is 2.41. The summed E-state index contributed by atoms with van der Waals surface area (Å²) >= 11 is 1.73. The van der Waals surface area contributed by atoms with E-state index in [1.54, 1.807) is 11.3 Å². The van der Waals surface area contributed by atoms with Gasteiger partial charge in [0.25, 0.3) is 0 Å². The predicted molar refractivity (Wildman–Crippen MR) is 171 cm³/mol. The molecule has 2 aromatic heterocycles. The number of para-hydroxylation sites is 2. The highest BCUT2D eigenvalue weighted by Crippen LogP contribution is 2.51. The number of hydrogen-bond donors (Lipinski definition) is 0. The van der Waals surface area contributed by atoms with Crippen molar-refractivity contribution in [2.24, 2.45) is 0 Å². The van der Waals surface area contributed by atoms with Gasteiger partial charge in [-0.3, -0.25) is 0 Å². The maximum Gasteiger partial charge on any atom is 0.0568 e. The van der Waals surface area contributed by atoms with E-state index >= 15 is 0 Å². The Labute approximate surface area is 238 Å². The molecule has 2 nitrogen and oxygen atoms in total. The first-order valence-electron chi connectivity index (χ1n) is 13.8. The Kier molecular flexibility index (Phi) is 5.07. The van der Waals surface area contributed by atoms with E-state index in [-0.39, 0.29) is 5.41 Å². The average molecular weight is 533 g/mol. The first-order valence-corrected chi connectivity index (χ1v) is 14.7. The lowest BCUT2D eigenvalue weighted by molar-refractivity contribution is 0.660. The van der Waals surface area contributed by atoms with Crippen molar-refractivity contribution in [3.05, 3.63) is 143 Å². The third kappa shape index (κ3) is 3.34. The molecule has 1 aliphatic carbocycles. The highest BCUT2D eigenvalue weighted by molar-refractivity contribution is 7.08. The van der Waals surface area contributed by atoms with Crippen molar-refractivity contribution in [1.82, 2.24) is 4.57 Å². The number of hydrogen-bond acceptors (Lipinski definition) is 2. The fourth-order valence-electron chi connectivity index (χ4n) is 6.62. The van der Waals surface area contributed by atoms with Crippen molar-refractivity contribution < 1.29 is 0 Å². The molecule has 192 valence electrons. The molecule has 0 unspecified atom stereocenters. The Morgan fingerprint density at radius 2 is 1.27 bits per heavy atom. The minimum atomic E-state index is -0.0463. The van der Waals surface area contributed by atoms with Crippen LogP contribution in [0.5, 0.6) is 0 Å². The first-order chi connectivity index (χ1) is 19.6. The van der Waals surface area contributed by atoms with Crippen LogP contribution < -0.4 is 4.90 Å². The number of benzene rings is 5. The van der Waals surface area contributed by atoms with E-state index < -0.39 is 0 Å². The Balaban J connectivity index is 1.34. The number of rotatable bonds is 4.